The van der Waals surface area contributed by atoms with Crippen LogP contribution in [0, 0.1) is 0 Å². The largest absolute Gasteiger partial charge is 0.497 e. The predicted molar refractivity (Wildman–Crippen MR) is 131 cm³/mol. The van der Waals surface area contributed by atoms with E-state index < -0.39 is 6.10 Å². The van der Waals surface area contributed by atoms with Crippen LogP contribution in [0.1, 0.15) is 29.4 Å². The van der Waals surface area contributed by atoms with E-state index in [1.54, 1.807) is 13.3 Å². The highest BCUT2D eigenvalue weighted by atomic mass is 32.1. The van der Waals surface area contributed by atoms with Crippen LogP contribution in [0.25, 0.3) is 21.0 Å². The monoisotopic (exact) mass is 447 g/mol. The summed E-state index contributed by atoms with van der Waals surface area (Å²) in [6.07, 6.45) is 3.43. The topological polar surface area (TPSA) is 57.6 Å². The molecule has 2 aromatic carbocycles. The van der Waals surface area contributed by atoms with Crippen molar-refractivity contribution >= 4 is 32.3 Å². The molecule has 2 N–H and O–H groups in total. The second-order valence-electron chi connectivity index (χ2n) is 8.51. The molecule has 1 atom stereocenters. The van der Waals surface area contributed by atoms with Crippen molar-refractivity contribution in [3.8, 4) is 5.75 Å². The summed E-state index contributed by atoms with van der Waals surface area (Å²) >= 11 is 1.88. The lowest BCUT2D eigenvalue weighted by atomic mass is 10.0. The van der Waals surface area contributed by atoms with Crippen LogP contribution in [0.15, 0.2) is 60.8 Å². The number of hydrogen-bond acceptors (Lipinski definition) is 6. The highest BCUT2D eigenvalue weighted by Crippen LogP contribution is 2.28. The Labute approximate surface area is 192 Å². The van der Waals surface area contributed by atoms with E-state index in [2.05, 4.69) is 45.5 Å². The highest BCUT2D eigenvalue weighted by Gasteiger charge is 2.22. The van der Waals surface area contributed by atoms with E-state index in [9.17, 15) is 5.11 Å². The number of aromatic nitrogens is 1. The maximum Gasteiger partial charge on any atom is 0.119 e. The van der Waals surface area contributed by atoms with Gasteiger partial charge in [-0.3, -0.25) is 4.98 Å². The molecule has 166 valence electrons. The summed E-state index contributed by atoms with van der Waals surface area (Å²) in [6.45, 7) is 3.55. The molecular weight excluding hydrogens is 418 g/mol. The number of hydrogen-bond donors (Lipinski definition) is 2. The number of fused-ring (bicyclic) bond motifs is 2. The highest BCUT2D eigenvalue weighted by molar-refractivity contribution is 7.19. The molecule has 5 rings (SSSR count). The average molecular weight is 448 g/mol. The molecule has 0 bridgehead atoms. The molecule has 3 heterocycles. The molecule has 0 unspecified atom stereocenters. The van der Waals surface area contributed by atoms with Crippen molar-refractivity contribution in [2.45, 2.75) is 31.5 Å². The molecule has 4 aromatic rings. The number of likely N-dealkylation sites (tertiary alicyclic amines) is 1. The molecule has 0 amide bonds. The number of rotatable bonds is 7. The van der Waals surface area contributed by atoms with Crippen molar-refractivity contribution in [1.82, 2.24) is 15.2 Å². The third-order valence-corrected chi connectivity index (χ3v) is 7.52. The van der Waals surface area contributed by atoms with Gasteiger partial charge in [-0.05, 0) is 73.3 Å². The van der Waals surface area contributed by atoms with Gasteiger partial charge in [0.15, 0.2) is 0 Å². The van der Waals surface area contributed by atoms with Gasteiger partial charge in [-0.15, -0.1) is 11.3 Å². The van der Waals surface area contributed by atoms with E-state index in [1.165, 1.54) is 15.0 Å². The van der Waals surface area contributed by atoms with Gasteiger partial charge in [-0.1, -0.05) is 18.2 Å². The summed E-state index contributed by atoms with van der Waals surface area (Å²) in [5, 5.41) is 17.0. The van der Waals surface area contributed by atoms with Gasteiger partial charge in [0.1, 0.15) is 5.75 Å². The summed E-state index contributed by atoms with van der Waals surface area (Å²) in [4.78, 5) is 8.19. The standard InChI is InChI=1S/C26H29N3O2S/c1-31-20-6-7-24-23(15-20)22(8-11-27-24)25(30)17-29-12-9-19(10-13-29)28-16-21-14-18-4-2-3-5-26(18)32-21/h2-8,11,14-15,19,25,28,30H,9-10,12-13,16-17H2,1H3/t25-/m0/s1. The SMILES string of the molecule is COc1ccc2nccc([C@@H](O)CN3CCC(NCc4cc5ccccc5s4)CC3)c2c1. The molecule has 1 aliphatic rings. The smallest absolute Gasteiger partial charge is 0.119 e. The molecule has 0 aliphatic carbocycles. The Morgan fingerprint density at radius 3 is 2.81 bits per heavy atom. The van der Waals surface area contributed by atoms with E-state index in [1.807, 2.05) is 35.6 Å². The summed E-state index contributed by atoms with van der Waals surface area (Å²) in [7, 11) is 1.66. The first-order valence-electron chi connectivity index (χ1n) is 11.2. The summed E-state index contributed by atoms with van der Waals surface area (Å²) in [6, 6.07) is 19.1. The van der Waals surface area contributed by atoms with E-state index in [4.69, 9.17) is 4.74 Å². The van der Waals surface area contributed by atoms with Gasteiger partial charge < -0.3 is 20.1 Å². The molecule has 32 heavy (non-hydrogen) atoms. The van der Waals surface area contributed by atoms with Gasteiger partial charge in [-0.25, -0.2) is 0 Å². The van der Waals surface area contributed by atoms with Crippen LogP contribution < -0.4 is 10.1 Å². The molecule has 0 saturated carbocycles. The molecule has 5 nitrogen and oxygen atoms in total. The van der Waals surface area contributed by atoms with Crippen LogP contribution in [-0.2, 0) is 6.54 Å². The van der Waals surface area contributed by atoms with Crippen LogP contribution in [0.5, 0.6) is 5.75 Å². The first kappa shape index (κ1) is 21.3. The minimum absolute atomic E-state index is 0.527. The molecule has 6 heteroatoms. The Morgan fingerprint density at radius 2 is 2.00 bits per heavy atom. The Morgan fingerprint density at radius 1 is 1.16 bits per heavy atom. The number of aliphatic hydroxyl groups excluding tert-OH is 1. The van der Waals surface area contributed by atoms with Crippen molar-refractivity contribution < 1.29 is 9.84 Å². The zero-order chi connectivity index (χ0) is 21.9. The van der Waals surface area contributed by atoms with Crippen LogP contribution in [-0.4, -0.2) is 47.8 Å². The summed E-state index contributed by atoms with van der Waals surface area (Å²) < 4.78 is 6.72. The van der Waals surface area contributed by atoms with Gasteiger partial charge in [0.05, 0.1) is 18.7 Å². The van der Waals surface area contributed by atoms with Crippen LogP contribution >= 0.6 is 11.3 Å². The Bertz CT molecular complexity index is 1170. The fraction of sp³-hybridized carbons (Fsp3) is 0.346. The van der Waals surface area contributed by atoms with Crippen LogP contribution in [0.4, 0.5) is 0 Å². The minimum atomic E-state index is -0.546. The maximum atomic E-state index is 11.0. The fourth-order valence-electron chi connectivity index (χ4n) is 4.60. The number of piperidine rings is 1. The lowest BCUT2D eigenvalue weighted by Crippen LogP contribution is -2.43. The van der Waals surface area contributed by atoms with Crippen molar-refractivity contribution in [2.75, 3.05) is 26.7 Å². The van der Waals surface area contributed by atoms with Gasteiger partial charge in [-0.2, -0.15) is 0 Å². The lowest BCUT2D eigenvalue weighted by molar-refractivity contribution is 0.0949. The third-order valence-electron chi connectivity index (χ3n) is 6.40. The van der Waals surface area contributed by atoms with Crippen molar-refractivity contribution in [3.63, 3.8) is 0 Å². The number of aliphatic hydroxyl groups is 1. The second kappa shape index (κ2) is 9.55. The number of benzene rings is 2. The van der Waals surface area contributed by atoms with Crippen LogP contribution in [0.2, 0.25) is 0 Å². The van der Waals surface area contributed by atoms with E-state index in [-0.39, 0.29) is 0 Å². The third kappa shape index (κ3) is 4.64. The molecule has 2 aromatic heterocycles. The second-order valence-corrected chi connectivity index (χ2v) is 9.67. The van der Waals surface area contributed by atoms with Gasteiger partial charge in [0.25, 0.3) is 0 Å². The van der Waals surface area contributed by atoms with E-state index >= 15 is 0 Å². The quantitative estimate of drug-likeness (QED) is 0.428. The number of pyridine rings is 1. The summed E-state index contributed by atoms with van der Waals surface area (Å²) in [5.41, 5.74) is 1.80. The average Bonchev–Trinajstić information content (AvgIpc) is 3.26. The number of ether oxygens (including phenoxy) is 1. The summed E-state index contributed by atoms with van der Waals surface area (Å²) in [5.74, 6) is 0.782. The van der Waals surface area contributed by atoms with Gasteiger partial charge in [0.2, 0.25) is 0 Å². The van der Waals surface area contributed by atoms with E-state index in [0.29, 0.717) is 12.6 Å². The molecular formula is C26H29N3O2S. The lowest BCUT2D eigenvalue weighted by Gasteiger charge is -2.33. The molecule has 1 aliphatic heterocycles. The maximum absolute atomic E-state index is 11.0. The molecule has 1 fully saturated rings. The van der Waals surface area contributed by atoms with Gasteiger partial charge in [0, 0.05) is 40.3 Å². The number of methoxy groups -OCH3 is 1. The first-order chi connectivity index (χ1) is 15.7. The Hall–Kier alpha value is -2.51. The number of nitrogens with one attached hydrogen (secondary N) is 1. The Kier molecular flexibility index (Phi) is 6.37. The first-order valence-corrected chi connectivity index (χ1v) is 12.0. The zero-order valence-corrected chi connectivity index (χ0v) is 19.1. The van der Waals surface area contributed by atoms with E-state index in [0.717, 1.165) is 54.7 Å². The Balaban J connectivity index is 1.16. The number of β-amino-alcohol motifs (C(OH)–C–C–N with tert-alkyl or cyclic N) is 1. The predicted octanol–water partition coefficient (Wildman–Crippen LogP) is 4.75. The fourth-order valence-corrected chi connectivity index (χ4v) is 5.61. The molecule has 1 saturated heterocycles. The number of thiophene rings is 1. The minimum Gasteiger partial charge on any atom is -0.497 e. The van der Waals surface area contributed by atoms with Crippen molar-refractivity contribution in [3.05, 3.63) is 71.2 Å². The number of nitrogens with zero attached hydrogens (tertiary/aromatic N) is 2. The normalized spacial score (nSPS) is 16.6. The molecule has 0 spiro atoms. The van der Waals surface area contributed by atoms with Crippen LogP contribution in [0.3, 0.4) is 0 Å². The zero-order valence-electron chi connectivity index (χ0n) is 18.3. The van der Waals surface area contributed by atoms with Crippen molar-refractivity contribution in [2.24, 2.45) is 0 Å². The molecule has 0 radical (unpaired) electrons. The van der Waals surface area contributed by atoms with Gasteiger partial charge >= 0.3 is 0 Å². The van der Waals surface area contributed by atoms with Crippen molar-refractivity contribution in [1.29, 1.82) is 0 Å².